The molecular weight excluding hydrogens is 388 g/mol. The third kappa shape index (κ3) is 6.39. The third-order valence-corrected chi connectivity index (χ3v) is 6.06. The molecule has 0 radical (unpaired) electrons. The average Bonchev–Trinajstić information content (AvgIpc) is 2.76. The van der Waals surface area contributed by atoms with Crippen LogP contribution in [0.25, 0.3) is 0 Å². The van der Waals surface area contributed by atoms with Crippen LogP contribution in [-0.2, 0) is 16.1 Å². The summed E-state index contributed by atoms with van der Waals surface area (Å²) in [5.74, 6) is -0.207. The van der Waals surface area contributed by atoms with Crippen molar-refractivity contribution in [1.29, 1.82) is 0 Å². The van der Waals surface area contributed by atoms with Gasteiger partial charge in [-0.25, -0.2) is 0 Å². The first kappa shape index (κ1) is 23.0. The van der Waals surface area contributed by atoms with E-state index in [0.29, 0.717) is 0 Å². The topological polar surface area (TPSA) is 55.9 Å². The summed E-state index contributed by atoms with van der Waals surface area (Å²) in [7, 11) is 1.70. The molecule has 31 heavy (non-hydrogen) atoms. The minimum atomic E-state index is -0.238. The SMILES string of the molecule is Cc1ccc(NC(=O)CN(C)C(=O)[C@H](C)N2CCN(Cc3ccccc3C)CC2)cc1. The van der Waals surface area contributed by atoms with E-state index in [1.165, 1.54) is 16.0 Å². The number of rotatable bonds is 7. The van der Waals surface area contributed by atoms with Gasteiger partial charge in [0.1, 0.15) is 0 Å². The van der Waals surface area contributed by atoms with E-state index in [1.807, 2.05) is 38.1 Å². The van der Waals surface area contributed by atoms with Gasteiger partial charge in [0.25, 0.3) is 0 Å². The van der Waals surface area contributed by atoms with Crippen molar-refractivity contribution in [2.24, 2.45) is 0 Å². The highest BCUT2D eigenvalue weighted by atomic mass is 16.2. The zero-order valence-corrected chi connectivity index (χ0v) is 19.1. The van der Waals surface area contributed by atoms with Crippen LogP contribution in [0.3, 0.4) is 0 Å². The molecule has 2 aromatic rings. The lowest BCUT2D eigenvalue weighted by Gasteiger charge is -2.38. The number of carbonyl (C=O) groups is 2. The Hall–Kier alpha value is -2.70. The summed E-state index contributed by atoms with van der Waals surface area (Å²) in [6, 6.07) is 15.9. The maximum atomic E-state index is 12.9. The molecule has 1 fully saturated rings. The van der Waals surface area contributed by atoms with Crippen molar-refractivity contribution < 1.29 is 9.59 Å². The molecule has 6 heteroatoms. The first-order chi connectivity index (χ1) is 14.8. The van der Waals surface area contributed by atoms with E-state index in [9.17, 15) is 9.59 Å². The largest absolute Gasteiger partial charge is 0.335 e. The van der Waals surface area contributed by atoms with Crippen LogP contribution >= 0.6 is 0 Å². The maximum Gasteiger partial charge on any atom is 0.243 e. The Labute approximate surface area is 185 Å². The quantitative estimate of drug-likeness (QED) is 0.746. The standard InChI is InChI=1S/C25H34N4O2/c1-19-9-11-23(12-10-19)26-24(30)18-27(4)25(31)21(3)29-15-13-28(14-16-29)17-22-8-6-5-7-20(22)2/h5-12,21H,13-18H2,1-4H3,(H,26,30)/t21-/m0/s1. The number of amides is 2. The number of hydrogen-bond donors (Lipinski definition) is 1. The van der Waals surface area contributed by atoms with Crippen LogP contribution in [-0.4, -0.2) is 72.3 Å². The minimum absolute atomic E-state index is 0.0218. The van der Waals surface area contributed by atoms with Crippen molar-refractivity contribution in [2.45, 2.75) is 33.4 Å². The number of nitrogens with zero attached hydrogens (tertiary/aromatic N) is 3. The van der Waals surface area contributed by atoms with E-state index >= 15 is 0 Å². The summed E-state index contributed by atoms with van der Waals surface area (Å²) in [5, 5.41) is 2.85. The number of anilines is 1. The van der Waals surface area contributed by atoms with E-state index in [-0.39, 0.29) is 24.4 Å². The van der Waals surface area contributed by atoms with Gasteiger partial charge in [0.15, 0.2) is 0 Å². The molecule has 0 bridgehead atoms. The van der Waals surface area contributed by atoms with Crippen molar-refractivity contribution in [3.8, 4) is 0 Å². The molecule has 0 aromatic heterocycles. The van der Waals surface area contributed by atoms with Crippen LogP contribution < -0.4 is 5.32 Å². The zero-order chi connectivity index (χ0) is 22.4. The average molecular weight is 423 g/mol. The van der Waals surface area contributed by atoms with E-state index in [2.05, 4.69) is 46.3 Å². The van der Waals surface area contributed by atoms with Crippen molar-refractivity contribution in [2.75, 3.05) is 45.1 Å². The lowest BCUT2D eigenvalue weighted by Crippen LogP contribution is -2.54. The summed E-state index contributed by atoms with van der Waals surface area (Å²) >= 11 is 0. The molecule has 2 amide bonds. The minimum Gasteiger partial charge on any atom is -0.335 e. The van der Waals surface area contributed by atoms with E-state index in [1.54, 1.807) is 7.05 Å². The van der Waals surface area contributed by atoms with Crippen LogP contribution in [0.15, 0.2) is 48.5 Å². The number of aryl methyl sites for hydroxylation is 2. The fourth-order valence-electron chi connectivity index (χ4n) is 3.94. The molecule has 166 valence electrons. The van der Waals surface area contributed by atoms with Gasteiger partial charge < -0.3 is 10.2 Å². The number of carbonyl (C=O) groups excluding carboxylic acids is 2. The van der Waals surface area contributed by atoms with Gasteiger partial charge in [0.05, 0.1) is 12.6 Å². The highest BCUT2D eigenvalue weighted by Crippen LogP contribution is 2.14. The second-order valence-electron chi connectivity index (χ2n) is 8.52. The Kier molecular flexibility index (Phi) is 7.82. The van der Waals surface area contributed by atoms with Gasteiger partial charge in [-0.1, -0.05) is 42.0 Å². The van der Waals surface area contributed by atoms with E-state index < -0.39 is 0 Å². The van der Waals surface area contributed by atoms with Gasteiger partial charge >= 0.3 is 0 Å². The number of nitrogens with one attached hydrogen (secondary N) is 1. The lowest BCUT2D eigenvalue weighted by atomic mass is 10.1. The second kappa shape index (κ2) is 10.6. The Bertz CT molecular complexity index is 889. The number of benzene rings is 2. The number of hydrogen-bond acceptors (Lipinski definition) is 4. The van der Waals surface area contributed by atoms with Gasteiger partial charge in [-0.2, -0.15) is 0 Å². The highest BCUT2D eigenvalue weighted by molar-refractivity contribution is 5.95. The Morgan fingerprint density at radius 3 is 2.29 bits per heavy atom. The van der Waals surface area contributed by atoms with Crippen LogP contribution in [0.2, 0.25) is 0 Å². The molecule has 1 atom stereocenters. The van der Waals surface area contributed by atoms with Crippen molar-refractivity contribution in [1.82, 2.24) is 14.7 Å². The normalized spacial score (nSPS) is 16.0. The van der Waals surface area contributed by atoms with Crippen molar-refractivity contribution in [3.05, 3.63) is 65.2 Å². The van der Waals surface area contributed by atoms with Gasteiger partial charge in [-0.3, -0.25) is 19.4 Å². The number of piperazine rings is 1. The first-order valence-corrected chi connectivity index (χ1v) is 11.0. The van der Waals surface area contributed by atoms with Crippen LogP contribution in [0, 0.1) is 13.8 Å². The maximum absolute atomic E-state index is 12.9. The molecule has 0 spiro atoms. The molecular formula is C25H34N4O2. The number of likely N-dealkylation sites (N-methyl/N-ethyl adjacent to an activating group) is 1. The molecule has 1 aliphatic heterocycles. The van der Waals surface area contributed by atoms with Crippen molar-refractivity contribution >= 4 is 17.5 Å². The van der Waals surface area contributed by atoms with Gasteiger partial charge in [0, 0.05) is 45.5 Å². The lowest BCUT2D eigenvalue weighted by molar-refractivity contribution is -0.138. The summed E-state index contributed by atoms with van der Waals surface area (Å²) < 4.78 is 0. The summed E-state index contributed by atoms with van der Waals surface area (Å²) in [6.07, 6.45) is 0. The summed E-state index contributed by atoms with van der Waals surface area (Å²) in [4.78, 5) is 31.4. The molecule has 1 aliphatic rings. The molecule has 0 aliphatic carbocycles. The molecule has 0 unspecified atom stereocenters. The molecule has 6 nitrogen and oxygen atoms in total. The van der Waals surface area contributed by atoms with Crippen LogP contribution in [0.5, 0.6) is 0 Å². The predicted octanol–water partition coefficient (Wildman–Crippen LogP) is 2.91. The molecule has 3 rings (SSSR count). The Morgan fingerprint density at radius 1 is 1.00 bits per heavy atom. The molecule has 0 saturated carbocycles. The fraction of sp³-hybridized carbons (Fsp3) is 0.440. The van der Waals surface area contributed by atoms with Gasteiger partial charge in [0.2, 0.25) is 11.8 Å². The summed E-state index contributed by atoms with van der Waals surface area (Å²) in [6.45, 7) is 10.6. The van der Waals surface area contributed by atoms with Gasteiger partial charge in [-0.15, -0.1) is 0 Å². The first-order valence-electron chi connectivity index (χ1n) is 11.0. The van der Waals surface area contributed by atoms with Crippen molar-refractivity contribution in [3.63, 3.8) is 0 Å². The predicted molar refractivity (Wildman–Crippen MR) is 125 cm³/mol. The molecule has 1 N–H and O–H groups in total. The summed E-state index contributed by atoms with van der Waals surface area (Å²) in [5.41, 5.74) is 4.56. The van der Waals surface area contributed by atoms with E-state index in [4.69, 9.17) is 0 Å². The smallest absolute Gasteiger partial charge is 0.243 e. The Balaban J connectivity index is 1.45. The fourth-order valence-corrected chi connectivity index (χ4v) is 3.94. The van der Waals surface area contributed by atoms with Crippen LogP contribution in [0.1, 0.15) is 23.6 Å². The molecule has 1 saturated heterocycles. The van der Waals surface area contributed by atoms with Gasteiger partial charge in [-0.05, 0) is 44.0 Å². The second-order valence-corrected chi connectivity index (χ2v) is 8.52. The van der Waals surface area contributed by atoms with E-state index in [0.717, 1.165) is 44.0 Å². The molecule has 1 heterocycles. The highest BCUT2D eigenvalue weighted by Gasteiger charge is 2.28. The molecule has 2 aromatic carbocycles. The monoisotopic (exact) mass is 422 g/mol. The van der Waals surface area contributed by atoms with Crippen LogP contribution in [0.4, 0.5) is 5.69 Å². The third-order valence-electron chi connectivity index (χ3n) is 6.06. The zero-order valence-electron chi connectivity index (χ0n) is 19.1. The Morgan fingerprint density at radius 2 is 1.65 bits per heavy atom.